The van der Waals surface area contributed by atoms with Crippen LogP contribution in [-0.4, -0.2) is 42.1 Å². The predicted molar refractivity (Wildman–Crippen MR) is 89.4 cm³/mol. The Kier molecular flexibility index (Phi) is 4.94. The molecule has 0 aromatic heterocycles. The SMILES string of the molecule is NC(=O)C(CCC=O)N1Cc2cccc(C3CCNCC3)c2C1=O. The molecule has 2 heterocycles. The maximum Gasteiger partial charge on any atom is 0.255 e. The molecule has 128 valence electrons. The van der Waals surface area contributed by atoms with Gasteiger partial charge < -0.3 is 20.7 Å². The van der Waals surface area contributed by atoms with Crippen molar-refractivity contribution < 1.29 is 14.4 Å². The Hall–Kier alpha value is -2.21. The summed E-state index contributed by atoms with van der Waals surface area (Å²) in [6.45, 7) is 2.30. The quantitative estimate of drug-likeness (QED) is 0.760. The van der Waals surface area contributed by atoms with Gasteiger partial charge in [-0.1, -0.05) is 18.2 Å². The zero-order valence-corrected chi connectivity index (χ0v) is 13.7. The summed E-state index contributed by atoms with van der Waals surface area (Å²) >= 11 is 0. The van der Waals surface area contributed by atoms with Crippen molar-refractivity contribution in [3.05, 3.63) is 34.9 Å². The molecule has 2 amide bonds. The molecule has 6 heteroatoms. The van der Waals surface area contributed by atoms with Crippen LogP contribution in [0.4, 0.5) is 0 Å². The third kappa shape index (κ3) is 3.06. The highest BCUT2D eigenvalue weighted by atomic mass is 16.2. The number of carbonyl (C=O) groups excluding carboxylic acids is 3. The number of primary amides is 1. The first-order chi connectivity index (χ1) is 11.6. The monoisotopic (exact) mass is 329 g/mol. The van der Waals surface area contributed by atoms with Crippen molar-refractivity contribution in [3.63, 3.8) is 0 Å². The Morgan fingerprint density at radius 1 is 1.38 bits per heavy atom. The van der Waals surface area contributed by atoms with Crippen LogP contribution in [0, 0.1) is 0 Å². The average molecular weight is 329 g/mol. The fraction of sp³-hybridized carbons (Fsp3) is 0.500. The topological polar surface area (TPSA) is 92.5 Å². The average Bonchev–Trinajstić information content (AvgIpc) is 2.93. The molecule has 1 atom stereocenters. The molecule has 3 rings (SSSR count). The van der Waals surface area contributed by atoms with E-state index in [-0.39, 0.29) is 18.7 Å². The van der Waals surface area contributed by atoms with E-state index in [4.69, 9.17) is 5.73 Å². The summed E-state index contributed by atoms with van der Waals surface area (Å²) in [5.74, 6) is -0.317. The van der Waals surface area contributed by atoms with Crippen molar-refractivity contribution in [1.82, 2.24) is 10.2 Å². The zero-order chi connectivity index (χ0) is 17.1. The lowest BCUT2D eigenvalue weighted by molar-refractivity contribution is -0.122. The van der Waals surface area contributed by atoms with E-state index in [1.807, 2.05) is 18.2 Å². The van der Waals surface area contributed by atoms with Crippen molar-refractivity contribution in [1.29, 1.82) is 0 Å². The van der Waals surface area contributed by atoms with Gasteiger partial charge in [-0.3, -0.25) is 9.59 Å². The first-order valence-electron chi connectivity index (χ1n) is 8.50. The number of fused-ring (bicyclic) bond motifs is 1. The summed E-state index contributed by atoms with van der Waals surface area (Å²) in [5, 5.41) is 3.34. The molecule has 2 aliphatic heterocycles. The van der Waals surface area contributed by atoms with Gasteiger partial charge in [0, 0.05) is 18.5 Å². The molecule has 1 fully saturated rings. The number of aldehydes is 1. The van der Waals surface area contributed by atoms with Crippen LogP contribution in [-0.2, 0) is 16.1 Å². The second-order valence-corrected chi connectivity index (χ2v) is 6.50. The van der Waals surface area contributed by atoms with Gasteiger partial charge in [-0.25, -0.2) is 0 Å². The molecule has 1 saturated heterocycles. The van der Waals surface area contributed by atoms with E-state index in [1.54, 1.807) is 0 Å². The van der Waals surface area contributed by atoms with Gasteiger partial charge in [-0.2, -0.15) is 0 Å². The van der Waals surface area contributed by atoms with Gasteiger partial charge in [-0.15, -0.1) is 0 Å². The Labute approximate surface area is 141 Å². The van der Waals surface area contributed by atoms with Gasteiger partial charge in [0.25, 0.3) is 5.91 Å². The normalized spacial score (nSPS) is 19.2. The highest BCUT2D eigenvalue weighted by Gasteiger charge is 2.37. The van der Waals surface area contributed by atoms with Crippen LogP contribution in [0.1, 0.15) is 53.1 Å². The summed E-state index contributed by atoms with van der Waals surface area (Å²) in [6, 6.07) is 5.23. The van der Waals surface area contributed by atoms with Crippen LogP contribution in [0.15, 0.2) is 18.2 Å². The first-order valence-corrected chi connectivity index (χ1v) is 8.50. The van der Waals surface area contributed by atoms with Crippen LogP contribution in [0.5, 0.6) is 0 Å². The summed E-state index contributed by atoms with van der Waals surface area (Å²) < 4.78 is 0. The second kappa shape index (κ2) is 7.13. The van der Waals surface area contributed by atoms with Crippen molar-refractivity contribution in [3.8, 4) is 0 Å². The third-order valence-electron chi connectivity index (χ3n) is 5.04. The Morgan fingerprint density at radius 2 is 2.12 bits per heavy atom. The highest BCUT2D eigenvalue weighted by Crippen LogP contribution is 2.35. The third-order valence-corrected chi connectivity index (χ3v) is 5.04. The predicted octanol–water partition coefficient (Wildman–Crippen LogP) is 0.942. The van der Waals surface area contributed by atoms with Gasteiger partial charge in [-0.05, 0) is 49.4 Å². The first kappa shape index (κ1) is 16.6. The van der Waals surface area contributed by atoms with Crippen LogP contribution in [0.3, 0.4) is 0 Å². The molecular formula is C18H23N3O3. The summed E-state index contributed by atoms with van der Waals surface area (Å²) in [6.07, 6.45) is 3.27. The number of nitrogens with one attached hydrogen (secondary N) is 1. The van der Waals surface area contributed by atoms with Gasteiger partial charge in [0.1, 0.15) is 12.3 Å². The molecule has 0 aliphatic carbocycles. The van der Waals surface area contributed by atoms with E-state index in [0.717, 1.165) is 48.9 Å². The number of hydrogen-bond donors (Lipinski definition) is 2. The fourth-order valence-electron chi connectivity index (χ4n) is 3.81. The van der Waals surface area contributed by atoms with E-state index in [9.17, 15) is 14.4 Å². The number of benzene rings is 1. The molecule has 0 bridgehead atoms. The molecular weight excluding hydrogens is 306 g/mol. The van der Waals surface area contributed by atoms with Crippen molar-refractivity contribution in [2.75, 3.05) is 13.1 Å². The smallest absolute Gasteiger partial charge is 0.255 e. The van der Waals surface area contributed by atoms with E-state index in [2.05, 4.69) is 5.32 Å². The highest BCUT2D eigenvalue weighted by molar-refractivity contribution is 6.02. The number of nitrogens with two attached hydrogens (primary N) is 1. The standard InChI is InChI=1S/C18H23N3O3/c19-17(23)15(5-2-10-22)21-11-13-3-1-4-14(16(13)18(21)24)12-6-8-20-9-7-12/h1,3-4,10,12,15,20H,2,5-9,11H2,(H2,19,23). The largest absolute Gasteiger partial charge is 0.368 e. The minimum Gasteiger partial charge on any atom is -0.368 e. The molecule has 0 radical (unpaired) electrons. The summed E-state index contributed by atoms with van der Waals surface area (Å²) in [4.78, 5) is 36.9. The van der Waals surface area contributed by atoms with E-state index < -0.39 is 11.9 Å². The van der Waals surface area contributed by atoms with Crippen LogP contribution in [0.2, 0.25) is 0 Å². The number of carbonyl (C=O) groups is 3. The maximum atomic E-state index is 13.0. The van der Waals surface area contributed by atoms with Gasteiger partial charge in [0.05, 0.1) is 0 Å². The van der Waals surface area contributed by atoms with Crippen molar-refractivity contribution in [2.24, 2.45) is 5.73 Å². The molecule has 24 heavy (non-hydrogen) atoms. The lowest BCUT2D eigenvalue weighted by atomic mass is 9.86. The lowest BCUT2D eigenvalue weighted by Gasteiger charge is -2.26. The van der Waals surface area contributed by atoms with Crippen molar-refractivity contribution >= 4 is 18.1 Å². The summed E-state index contributed by atoms with van der Waals surface area (Å²) in [7, 11) is 0. The number of hydrogen-bond acceptors (Lipinski definition) is 4. The maximum absolute atomic E-state index is 13.0. The van der Waals surface area contributed by atoms with Gasteiger partial charge >= 0.3 is 0 Å². The summed E-state index contributed by atoms with van der Waals surface area (Å²) in [5.41, 5.74) is 8.25. The fourth-order valence-corrected chi connectivity index (χ4v) is 3.81. The Morgan fingerprint density at radius 3 is 2.79 bits per heavy atom. The van der Waals surface area contributed by atoms with E-state index >= 15 is 0 Å². The molecule has 1 aromatic carbocycles. The van der Waals surface area contributed by atoms with Crippen LogP contribution >= 0.6 is 0 Å². The van der Waals surface area contributed by atoms with Crippen molar-refractivity contribution in [2.45, 2.75) is 44.2 Å². The number of rotatable bonds is 6. The second-order valence-electron chi connectivity index (χ2n) is 6.50. The molecule has 6 nitrogen and oxygen atoms in total. The molecule has 0 spiro atoms. The molecule has 1 aromatic rings. The number of piperidine rings is 1. The van der Waals surface area contributed by atoms with Crippen LogP contribution < -0.4 is 11.1 Å². The van der Waals surface area contributed by atoms with E-state index in [1.165, 1.54) is 4.90 Å². The van der Waals surface area contributed by atoms with Gasteiger partial charge in [0.15, 0.2) is 0 Å². The minimum absolute atomic E-state index is 0.131. The minimum atomic E-state index is -0.726. The van der Waals surface area contributed by atoms with Gasteiger partial charge in [0.2, 0.25) is 5.91 Å². The Balaban J connectivity index is 1.89. The Bertz CT molecular complexity index is 653. The van der Waals surface area contributed by atoms with Crippen LogP contribution in [0.25, 0.3) is 0 Å². The molecule has 2 aliphatic rings. The lowest BCUT2D eigenvalue weighted by Crippen LogP contribution is -2.45. The van der Waals surface area contributed by atoms with E-state index in [0.29, 0.717) is 12.5 Å². The number of amides is 2. The molecule has 1 unspecified atom stereocenters. The zero-order valence-electron chi connectivity index (χ0n) is 13.7. The molecule has 0 saturated carbocycles. The molecule has 3 N–H and O–H groups in total. The number of nitrogens with zero attached hydrogens (tertiary/aromatic N) is 1.